The van der Waals surface area contributed by atoms with Gasteiger partial charge in [-0.15, -0.1) is 0 Å². The number of aryl methyl sites for hydroxylation is 2. The molecule has 108 valence electrons. The Balaban J connectivity index is 2.12. The van der Waals surface area contributed by atoms with Crippen molar-refractivity contribution in [2.45, 2.75) is 41.5 Å². The van der Waals surface area contributed by atoms with Gasteiger partial charge in [-0.1, -0.05) is 25.5 Å². The number of rotatable bonds is 3. The molecule has 2 atom stereocenters. The Morgan fingerprint density at radius 2 is 1.80 bits per heavy atom. The number of hydrogen-bond acceptors (Lipinski definition) is 3. The third kappa shape index (κ3) is 2.89. The summed E-state index contributed by atoms with van der Waals surface area (Å²) < 4.78 is 0. The van der Waals surface area contributed by atoms with Gasteiger partial charge in [0.25, 0.3) is 0 Å². The number of hydrogen-bond donors (Lipinski definition) is 1. The Kier molecular flexibility index (Phi) is 3.67. The smallest absolute Gasteiger partial charge is 0.231 e. The summed E-state index contributed by atoms with van der Waals surface area (Å²) >= 11 is 0. The number of carbonyl (C=O) groups is 1. The highest BCUT2D eigenvalue weighted by Gasteiger charge is 2.60. The van der Waals surface area contributed by atoms with Crippen LogP contribution in [0, 0.1) is 31.1 Å². The summed E-state index contributed by atoms with van der Waals surface area (Å²) in [6.45, 7) is 12.2. The van der Waals surface area contributed by atoms with Gasteiger partial charge in [0.1, 0.15) is 0 Å². The predicted molar refractivity (Wildman–Crippen MR) is 80.3 cm³/mol. The predicted octanol–water partition coefficient (Wildman–Crippen LogP) is 3.27. The topological polar surface area (TPSA) is 54.9 Å². The molecular formula is C16H23N3O. The zero-order valence-corrected chi connectivity index (χ0v) is 13.1. The van der Waals surface area contributed by atoms with Gasteiger partial charge in [0.15, 0.2) is 0 Å². The highest BCUT2D eigenvalue weighted by molar-refractivity contribution is 5.94. The molecule has 1 saturated carbocycles. The first-order valence-electron chi connectivity index (χ1n) is 7.00. The van der Waals surface area contributed by atoms with Crippen molar-refractivity contribution in [2.24, 2.45) is 17.3 Å². The van der Waals surface area contributed by atoms with Gasteiger partial charge >= 0.3 is 0 Å². The minimum Gasteiger partial charge on any atom is -0.294 e. The maximum atomic E-state index is 12.4. The van der Waals surface area contributed by atoms with E-state index in [1.54, 1.807) is 0 Å². The third-order valence-electron chi connectivity index (χ3n) is 3.92. The first-order valence-corrected chi connectivity index (χ1v) is 7.00. The zero-order chi connectivity index (χ0) is 15.1. The maximum Gasteiger partial charge on any atom is 0.231 e. The Labute approximate surface area is 120 Å². The minimum atomic E-state index is 0.00168. The van der Waals surface area contributed by atoms with Gasteiger partial charge in [0.2, 0.25) is 11.9 Å². The van der Waals surface area contributed by atoms with Crippen molar-refractivity contribution in [2.75, 3.05) is 5.32 Å². The molecule has 2 unspecified atom stereocenters. The summed E-state index contributed by atoms with van der Waals surface area (Å²) in [4.78, 5) is 20.9. The summed E-state index contributed by atoms with van der Waals surface area (Å²) in [6, 6.07) is 1.89. The van der Waals surface area contributed by atoms with Crippen LogP contribution in [0.25, 0.3) is 0 Å². The van der Waals surface area contributed by atoms with E-state index >= 15 is 0 Å². The molecule has 1 N–H and O–H groups in total. The highest BCUT2D eigenvalue weighted by atomic mass is 16.2. The van der Waals surface area contributed by atoms with Crippen molar-refractivity contribution in [3.05, 3.63) is 29.1 Å². The summed E-state index contributed by atoms with van der Waals surface area (Å²) in [5, 5.41) is 2.85. The van der Waals surface area contributed by atoms with Crippen LogP contribution >= 0.6 is 0 Å². The van der Waals surface area contributed by atoms with E-state index in [1.165, 1.54) is 5.57 Å². The number of aromatic nitrogens is 2. The number of nitrogens with zero attached hydrogens (tertiary/aromatic N) is 2. The molecule has 1 aromatic rings. The largest absolute Gasteiger partial charge is 0.294 e. The molecule has 0 spiro atoms. The van der Waals surface area contributed by atoms with Gasteiger partial charge in [0.05, 0.1) is 5.92 Å². The summed E-state index contributed by atoms with van der Waals surface area (Å²) in [5.41, 5.74) is 2.99. The van der Waals surface area contributed by atoms with Crippen LogP contribution in [0.2, 0.25) is 0 Å². The molecule has 1 aromatic heterocycles. The van der Waals surface area contributed by atoms with Gasteiger partial charge in [0, 0.05) is 11.4 Å². The fourth-order valence-electron chi connectivity index (χ4n) is 2.82. The molecule has 0 saturated heterocycles. The van der Waals surface area contributed by atoms with Crippen LogP contribution in [0.1, 0.15) is 39.1 Å². The Bertz CT molecular complexity index is 551. The first-order chi connectivity index (χ1) is 9.21. The SMILES string of the molecule is CC(C)=CC1C(C(=O)Nc2nc(C)cc(C)n2)C1(C)C. The van der Waals surface area contributed by atoms with E-state index in [2.05, 4.69) is 49.1 Å². The molecule has 1 amide bonds. The number of carbonyl (C=O) groups excluding carboxylic acids is 1. The fourth-order valence-corrected chi connectivity index (χ4v) is 2.82. The van der Waals surface area contributed by atoms with Crippen LogP contribution in [-0.4, -0.2) is 15.9 Å². The number of allylic oxidation sites excluding steroid dienone is 2. The molecule has 0 aliphatic heterocycles. The van der Waals surface area contributed by atoms with Crippen molar-refractivity contribution in [3.8, 4) is 0 Å². The third-order valence-corrected chi connectivity index (χ3v) is 3.92. The minimum absolute atomic E-state index is 0.00168. The molecule has 1 heterocycles. The second-order valence-corrected chi connectivity index (χ2v) is 6.53. The Morgan fingerprint density at radius 1 is 1.25 bits per heavy atom. The summed E-state index contributed by atoms with van der Waals surface area (Å²) in [6.07, 6.45) is 2.19. The second-order valence-electron chi connectivity index (χ2n) is 6.53. The van der Waals surface area contributed by atoms with Crippen molar-refractivity contribution in [1.29, 1.82) is 0 Å². The first kappa shape index (κ1) is 14.7. The Morgan fingerprint density at radius 3 is 2.30 bits per heavy atom. The van der Waals surface area contributed by atoms with Gasteiger partial charge in [-0.3, -0.25) is 10.1 Å². The second kappa shape index (κ2) is 5.00. The summed E-state index contributed by atoms with van der Waals surface area (Å²) in [5.74, 6) is 0.730. The van der Waals surface area contributed by atoms with E-state index in [-0.39, 0.29) is 17.2 Å². The Hall–Kier alpha value is -1.71. The lowest BCUT2D eigenvalue weighted by Crippen LogP contribution is -2.19. The molecule has 0 aromatic carbocycles. The molecule has 20 heavy (non-hydrogen) atoms. The maximum absolute atomic E-state index is 12.4. The van der Waals surface area contributed by atoms with Gasteiger partial charge < -0.3 is 0 Å². The lowest BCUT2D eigenvalue weighted by Gasteiger charge is -2.06. The summed E-state index contributed by atoms with van der Waals surface area (Å²) in [7, 11) is 0. The molecule has 0 bridgehead atoms. The molecule has 4 nitrogen and oxygen atoms in total. The molecule has 1 fully saturated rings. The zero-order valence-electron chi connectivity index (χ0n) is 13.1. The normalized spacial score (nSPS) is 23.1. The molecule has 1 aliphatic rings. The van der Waals surface area contributed by atoms with Gasteiger partial charge in [-0.05, 0) is 45.1 Å². The average molecular weight is 273 g/mol. The lowest BCUT2D eigenvalue weighted by molar-refractivity contribution is -0.118. The van der Waals surface area contributed by atoms with Crippen LogP contribution in [0.15, 0.2) is 17.7 Å². The van der Waals surface area contributed by atoms with Crippen molar-refractivity contribution in [1.82, 2.24) is 9.97 Å². The number of nitrogens with one attached hydrogen (secondary N) is 1. The van der Waals surface area contributed by atoms with E-state index in [9.17, 15) is 4.79 Å². The van der Waals surface area contributed by atoms with Crippen molar-refractivity contribution >= 4 is 11.9 Å². The number of amides is 1. The monoisotopic (exact) mass is 273 g/mol. The van der Waals surface area contributed by atoms with Crippen LogP contribution in [0.4, 0.5) is 5.95 Å². The molecule has 4 heteroatoms. The van der Waals surface area contributed by atoms with Gasteiger partial charge in [-0.25, -0.2) is 9.97 Å². The highest BCUT2D eigenvalue weighted by Crippen LogP contribution is 2.59. The fraction of sp³-hybridized carbons (Fsp3) is 0.562. The van der Waals surface area contributed by atoms with E-state index in [1.807, 2.05) is 19.9 Å². The van der Waals surface area contributed by atoms with Crippen LogP contribution < -0.4 is 5.32 Å². The van der Waals surface area contributed by atoms with E-state index in [4.69, 9.17) is 0 Å². The molecule has 2 rings (SSSR count). The van der Waals surface area contributed by atoms with Crippen LogP contribution in [0.5, 0.6) is 0 Å². The van der Waals surface area contributed by atoms with E-state index < -0.39 is 0 Å². The molecule has 0 radical (unpaired) electrons. The van der Waals surface area contributed by atoms with Crippen LogP contribution in [0.3, 0.4) is 0 Å². The molecular weight excluding hydrogens is 250 g/mol. The van der Waals surface area contributed by atoms with E-state index in [0.717, 1.165) is 11.4 Å². The standard InChI is InChI=1S/C16H23N3O/c1-9(2)7-12-13(16(12,5)6)14(20)19-15-17-10(3)8-11(4)18-15/h7-8,12-13H,1-6H3,(H,17,18,19,20). The lowest BCUT2D eigenvalue weighted by atomic mass is 10.1. The quantitative estimate of drug-likeness (QED) is 0.860. The van der Waals surface area contributed by atoms with E-state index in [0.29, 0.717) is 11.9 Å². The van der Waals surface area contributed by atoms with Crippen LogP contribution in [-0.2, 0) is 4.79 Å². The molecule has 1 aliphatic carbocycles. The average Bonchev–Trinajstić information content (AvgIpc) is 2.77. The van der Waals surface area contributed by atoms with Crippen molar-refractivity contribution < 1.29 is 4.79 Å². The number of anilines is 1. The van der Waals surface area contributed by atoms with Gasteiger partial charge in [-0.2, -0.15) is 0 Å². The van der Waals surface area contributed by atoms with Crippen molar-refractivity contribution in [3.63, 3.8) is 0 Å².